The summed E-state index contributed by atoms with van der Waals surface area (Å²) in [6.45, 7) is 1.99. The minimum absolute atomic E-state index is 0.106. The van der Waals surface area contributed by atoms with Crippen LogP contribution >= 0.6 is 11.6 Å². The molecule has 0 saturated heterocycles. The molecule has 0 aliphatic heterocycles. The van der Waals surface area contributed by atoms with E-state index in [1.54, 1.807) is 19.1 Å². The predicted octanol–water partition coefficient (Wildman–Crippen LogP) is 2.79. The van der Waals surface area contributed by atoms with Crippen LogP contribution in [0, 0.1) is 0 Å². The molecule has 1 rings (SSSR count). The highest BCUT2D eigenvalue weighted by Gasteiger charge is 2.11. The first kappa shape index (κ1) is 13.5. The fraction of sp³-hybridized carbons (Fsp3) is 0.231. The topological polar surface area (TPSA) is 43.4 Å². The normalized spacial score (nSPS) is 11.6. The second-order valence-electron chi connectivity index (χ2n) is 3.30. The molecule has 0 saturated carbocycles. The Morgan fingerprint density at radius 3 is 2.53 bits per heavy atom. The van der Waals surface area contributed by atoms with Gasteiger partial charge in [-0.3, -0.25) is 9.59 Å². The van der Waals surface area contributed by atoms with Crippen LogP contribution in [-0.4, -0.2) is 18.9 Å². The van der Waals surface area contributed by atoms with Gasteiger partial charge in [0.1, 0.15) is 6.29 Å². The third-order valence-corrected chi connectivity index (χ3v) is 2.55. The van der Waals surface area contributed by atoms with Crippen molar-refractivity contribution in [2.45, 2.75) is 13.3 Å². The van der Waals surface area contributed by atoms with Gasteiger partial charge in [-0.2, -0.15) is 0 Å². The molecule has 0 atom stereocenters. The largest absolute Gasteiger partial charge is 0.466 e. The maximum absolute atomic E-state index is 11.3. The Balaban J connectivity index is 2.91. The summed E-state index contributed by atoms with van der Waals surface area (Å²) < 4.78 is 4.77. The van der Waals surface area contributed by atoms with Gasteiger partial charge in [0.05, 0.1) is 18.1 Å². The number of halogens is 1. The molecule has 0 N–H and O–H groups in total. The van der Waals surface area contributed by atoms with E-state index in [-0.39, 0.29) is 23.6 Å². The van der Waals surface area contributed by atoms with Gasteiger partial charge in [-0.1, -0.05) is 41.9 Å². The first-order valence-electron chi connectivity index (χ1n) is 5.24. The van der Waals surface area contributed by atoms with Crippen LogP contribution in [0.15, 0.2) is 35.9 Å². The molecule has 0 radical (unpaired) electrons. The van der Waals surface area contributed by atoms with Gasteiger partial charge in [-0.05, 0) is 12.5 Å². The molecular weight excluding hydrogens is 240 g/mol. The van der Waals surface area contributed by atoms with Crippen molar-refractivity contribution in [2.24, 2.45) is 0 Å². The van der Waals surface area contributed by atoms with Crippen molar-refractivity contribution in [3.05, 3.63) is 41.5 Å². The Morgan fingerprint density at radius 1 is 1.35 bits per heavy atom. The van der Waals surface area contributed by atoms with Crippen LogP contribution in [-0.2, 0) is 14.3 Å². The van der Waals surface area contributed by atoms with Crippen molar-refractivity contribution in [1.82, 2.24) is 0 Å². The highest BCUT2D eigenvalue weighted by molar-refractivity contribution is 6.50. The molecule has 1 aromatic carbocycles. The van der Waals surface area contributed by atoms with Gasteiger partial charge in [0.2, 0.25) is 0 Å². The monoisotopic (exact) mass is 252 g/mol. The second-order valence-corrected chi connectivity index (χ2v) is 3.68. The molecule has 0 unspecified atom stereocenters. The maximum atomic E-state index is 11.3. The van der Waals surface area contributed by atoms with Gasteiger partial charge >= 0.3 is 5.97 Å². The summed E-state index contributed by atoms with van der Waals surface area (Å²) in [5.74, 6) is -0.455. The van der Waals surface area contributed by atoms with Crippen molar-refractivity contribution in [3.8, 4) is 0 Å². The van der Waals surface area contributed by atoms with E-state index in [9.17, 15) is 9.59 Å². The summed E-state index contributed by atoms with van der Waals surface area (Å²) in [4.78, 5) is 22.2. The molecule has 90 valence electrons. The van der Waals surface area contributed by atoms with Gasteiger partial charge in [0.25, 0.3) is 0 Å². The summed E-state index contributed by atoms with van der Waals surface area (Å²) in [7, 11) is 0. The van der Waals surface area contributed by atoms with Gasteiger partial charge in [0.15, 0.2) is 0 Å². The van der Waals surface area contributed by atoms with Gasteiger partial charge in [0, 0.05) is 5.57 Å². The Bertz CT molecular complexity index is 424. The smallest absolute Gasteiger partial charge is 0.310 e. The Morgan fingerprint density at radius 2 is 2.00 bits per heavy atom. The molecule has 4 heteroatoms. The van der Waals surface area contributed by atoms with Crippen LogP contribution in [0.3, 0.4) is 0 Å². The molecule has 0 amide bonds. The van der Waals surface area contributed by atoms with E-state index >= 15 is 0 Å². The number of hydrogen-bond donors (Lipinski definition) is 0. The number of aldehydes is 1. The van der Waals surface area contributed by atoms with Gasteiger partial charge in [-0.25, -0.2) is 0 Å². The zero-order valence-electron chi connectivity index (χ0n) is 9.48. The fourth-order valence-corrected chi connectivity index (χ4v) is 1.55. The fourth-order valence-electron chi connectivity index (χ4n) is 1.31. The number of hydrogen-bond acceptors (Lipinski definition) is 3. The van der Waals surface area contributed by atoms with E-state index in [1.165, 1.54) is 0 Å². The van der Waals surface area contributed by atoms with Crippen LogP contribution < -0.4 is 0 Å². The van der Waals surface area contributed by atoms with E-state index in [0.29, 0.717) is 11.8 Å². The lowest BCUT2D eigenvalue weighted by atomic mass is 10.1. The number of esters is 1. The van der Waals surface area contributed by atoms with E-state index in [1.807, 2.05) is 18.2 Å². The van der Waals surface area contributed by atoms with Gasteiger partial charge < -0.3 is 4.74 Å². The van der Waals surface area contributed by atoms with Crippen LogP contribution in [0.2, 0.25) is 0 Å². The molecule has 0 spiro atoms. The third kappa shape index (κ3) is 4.04. The zero-order valence-corrected chi connectivity index (χ0v) is 10.2. The van der Waals surface area contributed by atoms with E-state index in [2.05, 4.69) is 0 Å². The molecule has 0 fully saturated rings. The van der Waals surface area contributed by atoms with Crippen molar-refractivity contribution in [2.75, 3.05) is 6.61 Å². The summed E-state index contributed by atoms with van der Waals surface area (Å²) in [6.07, 6.45) is 0.483. The van der Waals surface area contributed by atoms with Crippen molar-refractivity contribution < 1.29 is 14.3 Å². The average Bonchev–Trinajstić information content (AvgIpc) is 2.36. The molecule has 3 nitrogen and oxygen atoms in total. The van der Waals surface area contributed by atoms with E-state index in [4.69, 9.17) is 16.3 Å². The average molecular weight is 253 g/mol. The SMILES string of the molecule is CCOC(=O)CC(C=O)=C(Cl)c1ccccc1. The van der Waals surface area contributed by atoms with Gasteiger partial charge in [-0.15, -0.1) is 0 Å². The van der Waals surface area contributed by atoms with E-state index in [0.717, 1.165) is 0 Å². The zero-order chi connectivity index (χ0) is 12.7. The first-order chi connectivity index (χ1) is 8.19. The number of carbonyl (C=O) groups excluding carboxylic acids is 2. The minimum atomic E-state index is -0.455. The second kappa shape index (κ2) is 6.86. The van der Waals surface area contributed by atoms with Crippen molar-refractivity contribution >= 4 is 28.9 Å². The van der Waals surface area contributed by atoms with Crippen LogP contribution in [0.25, 0.3) is 5.03 Å². The van der Waals surface area contributed by atoms with E-state index < -0.39 is 5.97 Å². The molecule has 1 aromatic rings. The van der Waals surface area contributed by atoms with Crippen LogP contribution in [0.5, 0.6) is 0 Å². The molecule has 0 aliphatic rings. The standard InChI is InChI=1S/C13H13ClO3/c1-2-17-12(16)8-11(9-15)13(14)10-6-4-3-5-7-10/h3-7,9H,2,8H2,1H3. The molecule has 0 aromatic heterocycles. The molecule has 0 bridgehead atoms. The van der Waals surface area contributed by atoms with Crippen molar-refractivity contribution in [1.29, 1.82) is 0 Å². The maximum Gasteiger partial charge on any atom is 0.310 e. The Kier molecular flexibility index (Phi) is 5.43. The quantitative estimate of drug-likeness (QED) is 0.460. The van der Waals surface area contributed by atoms with Crippen LogP contribution in [0.4, 0.5) is 0 Å². The highest BCUT2D eigenvalue weighted by Crippen LogP contribution is 2.23. The predicted molar refractivity (Wildman–Crippen MR) is 66.5 cm³/mol. The lowest BCUT2D eigenvalue weighted by molar-refractivity contribution is -0.142. The molecule has 0 aliphatic carbocycles. The van der Waals surface area contributed by atoms with Crippen LogP contribution in [0.1, 0.15) is 18.9 Å². The summed E-state index contributed by atoms with van der Waals surface area (Å²) >= 11 is 6.06. The number of rotatable bonds is 5. The highest BCUT2D eigenvalue weighted by atomic mass is 35.5. The lowest BCUT2D eigenvalue weighted by Crippen LogP contribution is -2.06. The molecule has 17 heavy (non-hydrogen) atoms. The Labute approximate surface area is 105 Å². The summed E-state index contributed by atoms with van der Waals surface area (Å²) in [5, 5.41) is 0.286. The first-order valence-corrected chi connectivity index (χ1v) is 5.61. The minimum Gasteiger partial charge on any atom is -0.466 e. The molecule has 0 heterocycles. The molecular formula is C13H13ClO3. The number of ether oxygens (including phenoxy) is 1. The third-order valence-electron chi connectivity index (χ3n) is 2.09. The summed E-state index contributed by atoms with van der Waals surface area (Å²) in [6, 6.07) is 9.02. The lowest BCUT2D eigenvalue weighted by Gasteiger charge is -2.05. The Hall–Kier alpha value is -1.61. The van der Waals surface area contributed by atoms with Crippen molar-refractivity contribution in [3.63, 3.8) is 0 Å². The summed E-state index contributed by atoms with van der Waals surface area (Å²) in [5.41, 5.74) is 0.942. The number of carbonyl (C=O) groups is 2. The number of benzene rings is 1.